The third-order valence-electron chi connectivity index (χ3n) is 18.9. The van der Waals surface area contributed by atoms with Crippen molar-refractivity contribution in [2.75, 3.05) is 46.9 Å². The van der Waals surface area contributed by atoms with Crippen molar-refractivity contribution < 1.29 is 47.9 Å². The van der Waals surface area contributed by atoms with E-state index in [0.29, 0.717) is 83.0 Å². The molecule has 4 saturated heterocycles. The first-order chi connectivity index (χ1) is 44.6. The lowest BCUT2D eigenvalue weighted by Gasteiger charge is -2.33. The molecule has 21 heteroatoms. The largest absolute Gasteiger partial charge is 0.362 e. The average molecular weight is 1260 g/mol. The van der Waals surface area contributed by atoms with E-state index in [1.807, 2.05) is 121 Å². The summed E-state index contributed by atoms with van der Waals surface area (Å²) >= 11 is 0. The van der Waals surface area contributed by atoms with Gasteiger partial charge in [0, 0.05) is 56.5 Å². The lowest BCUT2D eigenvalue weighted by atomic mass is 9.92. The number of fused-ring (bicyclic) bond motifs is 2. The van der Waals surface area contributed by atoms with Crippen molar-refractivity contribution in [3.8, 4) is 0 Å². The van der Waals surface area contributed by atoms with Crippen molar-refractivity contribution >= 4 is 53.0 Å². The normalized spacial score (nSPS) is 22.2. The highest BCUT2D eigenvalue weighted by molar-refractivity contribution is 5.97. The highest BCUT2D eigenvalue weighted by Crippen LogP contribution is 2.37. The first kappa shape index (κ1) is 70.0. The number of ether oxygens (including phenoxy) is 1. The summed E-state index contributed by atoms with van der Waals surface area (Å²) in [4.78, 5) is 128. The second-order valence-corrected chi connectivity index (χ2v) is 25.2. The summed E-state index contributed by atoms with van der Waals surface area (Å²) in [6.07, 6.45) is 10.9. The quantitative estimate of drug-likeness (QED) is 0.0273. The molecule has 0 unspecified atom stereocenters. The van der Waals surface area contributed by atoms with E-state index in [1.54, 1.807) is 37.7 Å². The number of nitrogens with zero attached hydrogens (tertiary/aromatic N) is 2. The van der Waals surface area contributed by atoms with Gasteiger partial charge in [-0.15, -0.1) is 0 Å². The summed E-state index contributed by atoms with van der Waals surface area (Å²) in [6.45, 7) is 4.37. The van der Waals surface area contributed by atoms with Crippen LogP contribution in [0.5, 0.6) is 0 Å². The third kappa shape index (κ3) is 19.6. The maximum absolute atomic E-state index is 14.7. The standard InChI is InChI=1S/C71H97N11O10/c1-47(72-3)66(86)79-64-53(43-74-42-49-24-14-10-15-25-49)33-35-55-38-40-58(82(55)70(64)90)69(89)78-63(52-30-20-13-21-31-52)59(83)32-22-8-6-5-7-9-23-41-75-60(84)45-92-46-61(85)76-44-54-34-36-56-37-39-57(81(56)71(91)65(54)80-67(87)48(2)73-4)68(88)77-62(50-26-16-11-17-27-50)51-28-18-12-19-29-51/h10-21,24-31,47-48,53-58,62-65,72-74H,5-9,22-23,32-46H2,1-4H3,(H,75,84)(H,76,85)(H,77,88)(H,78,89)(H,79,86)(H,80,87)/t47-,48-,53+,54+,55-,56-,57-,58-,63-,64-,65-/m0/s1. The molecule has 4 heterocycles. The van der Waals surface area contributed by atoms with Gasteiger partial charge in [-0.2, -0.15) is 0 Å². The second kappa shape index (κ2) is 35.8. The molecule has 4 aliphatic rings. The highest BCUT2D eigenvalue weighted by atomic mass is 16.5. The predicted octanol–water partition coefficient (Wildman–Crippen LogP) is 5.20. The molecule has 8 rings (SSSR count). The summed E-state index contributed by atoms with van der Waals surface area (Å²) in [5.74, 6) is -3.56. The molecule has 4 aliphatic heterocycles. The summed E-state index contributed by atoms with van der Waals surface area (Å²) in [5.41, 5.74) is 3.60. The Morgan fingerprint density at radius 1 is 0.500 bits per heavy atom. The van der Waals surface area contributed by atoms with Crippen molar-refractivity contribution in [2.45, 2.75) is 184 Å². The predicted molar refractivity (Wildman–Crippen MR) is 351 cm³/mol. The molecule has 0 saturated carbocycles. The van der Waals surface area contributed by atoms with E-state index in [9.17, 15) is 43.2 Å². The molecule has 4 aromatic rings. The zero-order valence-corrected chi connectivity index (χ0v) is 54.0. The second-order valence-electron chi connectivity index (χ2n) is 25.2. The van der Waals surface area contributed by atoms with Crippen LogP contribution in [0.15, 0.2) is 121 Å². The van der Waals surface area contributed by atoms with Gasteiger partial charge in [0.1, 0.15) is 43.4 Å². The molecular weight excluding hydrogens is 1170 g/mol. The summed E-state index contributed by atoms with van der Waals surface area (Å²) < 4.78 is 5.49. The Balaban J connectivity index is 0.726. The zero-order chi connectivity index (χ0) is 65.4. The van der Waals surface area contributed by atoms with Gasteiger partial charge < -0.3 is 62.4 Å². The Bertz CT molecular complexity index is 3010. The molecule has 4 aromatic carbocycles. The fraction of sp³-hybridized carbons (Fsp3) is 0.535. The zero-order valence-electron chi connectivity index (χ0n) is 54.0. The molecule has 4 fully saturated rings. The fourth-order valence-electron chi connectivity index (χ4n) is 13.4. The van der Waals surface area contributed by atoms with Crippen LogP contribution in [0.2, 0.25) is 0 Å². The van der Waals surface area contributed by atoms with Crippen molar-refractivity contribution in [1.29, 1.82) is 0 Å². The third-order valence-corrected chi connectivity index (χ3v) is 18.9. The topological polar surface area (TPSA) is 278 Å². The van der Waals surface area contributed by atoms with Gasteiger partial charge in [0.25, 0.3) is 0 Å². The number of benzene rings is 4. The van der Waals surface area contributed by atoms with E-state index in [4.69, 9.17) is 4.74 Å². The van der Waals surface area contributed by atoms with E-state index >= 15 is 0 Å². The number of likely N-dealkylation sites (N-methyl/N-ethyl adjacent to an activating group) is 2. The van der Waals surface area contributed by atoms with Crippen LogP contribution in [-0.2, 0) is 54.4 Å². The molecule has 496 valence electrons. The first-order valence-electron chi connectivity index (χ1n) is 33.4. The molecule has 9 N–H and O–H groups in total. The summed E-state index contributed by atoms with van der Waals surface area (Å²) in [6, 6.07) is 32.4. The number of Topliss-reactive ketones (excluding diaryl/α,β-unsaturated/α-hetero) is 1. The summed E-state index contributed by atoms with van der Waals surface area (Å²) in [5, 5.41) is 27.4. The Morgan fingerprint density at radius 3 is 1.45 bits per heavy atom. The van der Waals surface area contributed by atoms with Gasteiger partial charge in [0.15, 0.2) is 5.78 Å². The highest BCUT2D eigenvalue weighted by Gasteiger charge is 2.50. The maximum Gasteiger partial charge on any atom is 0.246 e. The van der Waals surface area contributed by atoms with Crippen molar-refractivity contribution in [3.05, 3.63) is 144 Å². The van der Waals surface area contributed by atoms with Crippen LogP contribution in [0.3, 0.4) is 0 Å². The Kier molecular flexibility index (Phi) is 27.3. The van der Waals surface area contributed by atoms with Crippen LogP contribution in [0, 0.1) is 11.8 Å². The first-order valence-corrected chi connectivity index (χ1v) is 33.4. The van der Waals surface area contributed by atoms with E-state index in [1.165, 1.54) is 0 Å². The van der Waals surface area contributed by atoms with Gasteiger partial charge in [-0.05, 0) is 114 Å². The van der Waals surface area contributed by atoms with Crippen LogP contribution < -0.4 is 47.9 Å². The monoisotopic (exact) mass is 1260 g/mol. The minimum absolute atomic E-state index is 0.0666. The number of rotatable bonds is 34. The molecule has 21 nitrogen and oxygen atoms in total. The van der Waals surface area contributed by atoms with Crippen molar-refractivity contribution in [1.82, 2.24) is 57.7 Å². The van der Waals surface area contributed by atoms with Crippen LogP contribution in [-0.4, -0.2) is 158 Å². The molecule has 8 amide bonds. The van der Waals surface area contributed by atoms with Gasteiger partial charge in [-0.1, -0.05) is 153 Å². The molecule has 92 heavy (non-hydrogen) atoms. The minimum Gasteiger partial charge on any atom is -0.362 e. The number of carbonyl (C=O) groups excluding carboxylic acids is 9. The number of carbonyl (C=O) groups is 9. The van der Waals surface area contributed by atoms with Crippen molar-refractivity contribution in [2.24, 2.45) is 11.8 Å². The van der Waals surface area contributed by atoms with Crippen LogP contribution in [0.25, 0.3) is 0 Å². The number of hydrogen-bond acceptors (Lipinski definition) is 13. The number of ketones is 1. The van der Waals surface area contributed by atoms with Gasteiger partial charge in [0.2, 0.25) is 47.3 Å². The Labute approximate surface area is 542 Å². The van der Waals surface area contributed by atoms with E-state index in [0.717, 1.165) is 55.2 Å². The molecule has 0 spiro atoms. The van der Waals surface area contributed by atoms with Crippen molar-refractivity contribution in [3.63, 3.8) is 0 Å². The molecule has 0 bridgehead atoms. The minimum atomic E-state index is -1.01. The summed E-state index contributed by atoms with van der Waals surface area (Å²) in [7, 11) is 3.35. The molecule has 0 aliphatic carbocycles. The molecule has 0 radical (unpaired) electrons. The number of amides is 8. The Morgan fingerprint density at radius 2 is 0.935 bits per heavy atom. The van der Waals surface area contributed by atoms with Crippen LogP contribution in [0.1, 0.15) is 151 Å². The Hall–Kier alpha value is -7.85. The lowest BCUT2D eigenvalue weighted by Crippen LogP contribution is -2.59. The smallest absolute Gasteiger partial charge is 0.246 e. The maximum atomic E-state index is 14.7. The van der Waals surface area contributed by atoms with E-state index < -0.39 is 60.2 Å². The SMILES string of the molecule is CN[C@@H](C)C(=O)N[C@@H]1C(=O)N2[C@@H](CC[C@@H]1CNC(=O)COCC(=O)NCCCCCCCCCC(=O)[C@@H](NC(=O)[C@@H]1CC[C@@H]3CC[C@H](CNCc4ccccc4)[C@H](NC(=O)[C@H](C)NC)C(=O)N31)c1ccccc1)CC[C@H]2C(=O)NC(c1ccccc1)c1ccccc1. The van der Waals surface area contributed by atoms with Gasteiger partial charge in [0.05, 0.1) is 18.1 Å². The number of nitrogens with one attached hydrogen (secondary N) is 9. The van der Waals surface area contributed by atoms with Gasteiger partial charge in [-0.3, -0.25) is 43.2 Å². The fourth-order valence-corrected chi connectivity index (χ4v) is 13.4. The average Bonchev–Trinajstić information content (AvgIpc) is 1.64. The lowest BCUT2D eigenvalue weighted by molar-refractivity contribution is -0.144. The van der Waals surface area contributed by atoms with E-state index in [2.05, 4.69) is 47.9 Å². The van der Waals surface area contributed by atoms with E-state index in [-0.39, 0.29) is 91.3 Å². The van der Waals surface area contributed by atoms with Gasteiger partial charge in [-0.25, -0.2) is 0 Å². The number of hydrogen-bond donors (Lipinski definition) is 9. The van der Waals surface area contributed by atoms with Gasteiger partial charge >= 0.3 is 0 Å². The molecule has 11 atom stereocenters. The molecular formula is C71H97N11O10. The van der Waals surface area contributed by atoms with Crippen LogP contribution >= 0.6 is 0 Å². The van der Waals surface area contributed by atoms with Crippen LogP contribution in [0.4, 0.5) is 0 Å². The molecule has 0 aromatic heterocycles. The number of unbranched alkanes of at least 4 members (excludes halogenated alkanes) is 6.